The predicted octanol–water partition coefficient (Wildman–Crippen LogP) is 4.35. The molecule has 2 nitrogen and oxygen atoms in total. The molecule has 0 aliphatic carbocycles. The summed E-state index contributed by atoms with van der Waals surface area (Å²) in [5.41, 5.74) is 9.06. The van der Waals surface area contributed by atoms with Gasteiger partial charge in [0.25, 0.3) is 0 Å². The van der Waals surface area contributed by atoms with Gasteiger partial charge in [-0.1, -0.05) is 33.1 Å². The van der Waals surface area contributed by atoms with E-state index in [0.717, 1.165) is 11.3 Å². The van der Waals surface area contributed by atoms with Gasteiger partial charge in [-0.2, -0.15) is 0 Å². The van der Waals surface area contributed by atoms with Crippen LogP contribution in [0, 0.1) is 6.92 Å². The van der Waals surface area contributed by atoms with Crippen molar-refractivity contribution in [2.45, 2.75) is 58.9 Å². The highest BCUT2D eigenvalue weighted by atomic mass is 14.9. The van der Waals surface area contributed by atoms with E-state index in [4.69, 9.17) is 5.73 Å². The Hall–Kier alpha value is -1.18. The number of nitrogens with one attached hydrogen (secondary N) is 1. The zero-order valence-electron chi connectivity index (χ0n) is 11.4. The van der Waals surface area contributed by atoms with Crippen molar-refractivity contribution in [3.8, 4) is 0 Å². The number of unbranched alkanes of at least 4 members (excludes halogenated alkanes) is 1. The quantitative estimate of drug-likeness (QED) is 0.688. The number of hydrogen-bond donors (Lipinski definition) is 2. The minimum Gasteiger partial charge on any atom is -0.399 e. The largest absolute Gasteiger partial charge is 0.399 e. The van der Waals surface area contributed by atoms with Crippen molar-refractivity contribution in [3.05, 3.63) is 23.8 Å². The van der Waals surface area contributed by atoms with E-state index in [2.05, 4.69) is 38.2 Å². The van der Waals surface area contributed by atoms with Crippen molar-refractivity contribution in [2.24, 2.45) is 0 Å². The molecule has 0 aromatic heterocycles. The molecule has 0 saturated heterocycles. The van der Waals surface area contributed by atoms with Gasteiger partial charge in [-0.3, -0.25) is 0 Å². The van der Waals surface area contributed by atoms with E-state index in [1.54, 1.807) is 0 Å². The van der Waals surface area contributed by atoms with Gasteiger partial charge < -0.3 is 11.1 Å². The van der Waals surface area contributed by atoms with Gasteiger partial charge in [-0.25, -0.2) is 0 Å². The summed E-state index contributed by atoms with van der Waals surface area (Å²) in [7, 11) is 0. The molecule has 0 amide bonds. The van der Waals surface area contributed by atoms with Crippen LogP contribution < -0.4 is 11.1 Å². The summed E-state index contributed by atoms with van der Waals surface area (Å²) in [6, 6.07) is 6.81. The highest BCUT2D eigenvalue weighted by molar-refractivity contribution is 5.56. The molecule has 1 aromatic rings. The summed E-state index contributed by atoms with van der Waals surface area (Å²) < 4.78 is 0. The topological polar surface area (TPSA) is 38.0 Å². The predicted molar refractivity (Wildman–Crippen MR) is 77.4 cm³/mol. The molecule has 0 aliphatic rings. The Labute approximate surface area is 106 Å². The molecule has 0 radical (unpaired) electrons. The summed E-state index contributed by atoms with van der Waals surface area (Å²) in [5.74, 6) is 0. The van der Waals surface area contributed by atoms with E-state index >= 15 is 0 Å². The van der Waals surface area contributed by atoms with E-state index in [1.807, 2.05) is 6.07 Å². The van der Waals surface area contributed by atoms with Crippen LogP contribution in [-0.4, -0.2) is 6.04 Å². The average molecular weight is 234 g/mol. The van der Waals surface area contributed by atoms with Crippen LogP contribution in [0.15, 0.2) is 18.2 Å². The van der Waals surface area contributed by atoms with Crippen LogP contribution >= 0.6 is 0 Å². The van der Waals surface area contributed by atoms with Crippen molar-refractivity contribution >= 4 is 11.4 Å². The van der Waals surface area contributed by atoms with E-state index in [0.29, 0.717) is 6.04 Å². The molecule has 0 saturated carbocycles. The van der Waals surface area contributed by atoms with Crippen LogP contribution in [-0.2, 0) is 0 Å². The van der Waals surface area contributed by atoms with Gasteiger partial charge in [0.1, 0.15) is 0 Å². The molecule has 1 atom stereocenters. The highest BCUT2D eigenvalue weighted by Crippen LogP contribution is 2.19. The lowest BCUT2D eigenvalue weighted by molar-refractivity contribution is 0.564. The Morgan fingerprint density at radius 2 is 1.94 bits per heavy atom. The molecule has 2 heteroatoms. The van der Waals surface area contributed by atoms with Crippen molar-refractivity contribution in [1.82, 2.24) is 0 Å². The smallest absolute Gasteiger partial charge is 0.0346 e. The first kappa shape index (κ1) is 13.9. The van der Waals surface area contributed by atoms with Crippen molar-refractivity contribution in [1.29, 1.82) is 0 Å². The maximum atomic E-state index is 5.83. The van der Waals surface area contributed by atoms with Crippen molar-refractivity contribution in [2.75, 3.05) is 11.1 Å². The van der Waals surface area contributed by atoms with Crippen molar-refractivity contribution < 1.29 is 0 Å². The lowest BCUT2D eigenvalue weighted by Gasteiger charge is -2.19. The van der Waals surface area contributed by atoms with Crippen LogP contribution in [0.2, 0.25) is 0 Å². The monoisotopic (exact) mass is 234 g/mol. The van der Waals surface area contributed by atoms with Gasteiger partial charge in [-0.15, -0.1) is 0 Å². The molecule has 96 valence electrons. The molecule has 1 unspecified atom stereocenters. The first-order valence-corrected chi connectivity index (χ1v) is 6.80. The standard InChI is InChI=1S/C15H26N2/c1-4-6-8-13(7-5-2)17-14-9-10-15(16)12(3)11-14/h9-11,13,17H,4-8,16H2,1-3H3. The second-order valence-electron chi connectivity index (χ2n) is 4.84. The molecule has 0 aliphatic heterocycles. The zero-order chi connectivity index (χ0) is 12.7. The fourth-order valence-corrected chi connectivity index (χ4v) is 2.09. The lowest BCUT2D eigenvalue weighted by atomic mass is 10.0. The van der Waals surface area contributed by atoms with Crippen LogP contribution in [0.5, 0.6) is 0 Å². The highest BCUT2D eigenvalue weighted by Gasteiger charge is 2.07. The molecule has 0 heterocycles. The van der Waals surface area contributed by atoms with Crippen LogP contribution in [0.25, 0.3) is 0 Å². The lowest BCUT2D eigenvalue weighted by Crippen LogP contribution is -2.19. The maximum absolute atomic E-state index is 5.83. The summed E-state index contributed by atoms with van der Waals surface area (Å²) >= 11 is 0. The minimum atomic E-state index is 0.600. The van der Waals surface area contributed by atoms with Crippen LogP contribution in [0.3, 0.4) is 0 Å². The number of benzene rings is 1. The minimum absolute atomic E-state index is 0.600. The normalized spacial score (nSPS) is 12.4. The zero-order valence-corrected chi connectivity index (χ0v) is 11.4. The van der Waals surface area contributed by atoms with Crippen LogP contribution in [0.4, 0.5) is 11.4 Å². The number of hydrogen-bond acceptors (Lipinski definition) is 2. The Kier molecular flexibility index (Phi) is 5.88. The van der Waals surface area contributed by atoms with E-state index in [1.165, 1.54) is 37.8 Å². The Bertz CT molecular complexity index is 334. The number of anilines is 2. The molecule has 17 heavy (non-hydrogen) atoms. The van der Waals surface area contributed by atoms with Gasteiger partial charge in [0, 0.05) is 17.4 Å². The number of rotatable bonds is 7. The van der Waals surface area contributed by atoms with E-state index in [-0.39, 0.29) is 0 Å². The van der Waals surface area contributed by atoms with Gasteiger partial charge in [-0.05, 0) is 43.5 Å². The molecule has 1 aromatic carbocycles. The van der Waals surface area contributed by atoms with Gasteiger partial charge in [0.05, 0.1) is 0 Å². The third-order valence-electron chi connectivity index (χ3n) is 3.18. The van der Waals surface area contributed by atoms with E-state index in [9.17, 15) is 0 Å². The maximum Gasteiger partial charge on any atom is 0.0346 e. The molecular weight excluding hydrogens is 208 g/mol. The molecular formula is C15H26N2. The molecule has 0 bridgehead atoms. The number of nitrogens with two attached hydrogens (primary N) is 1. The summed E-state index contributed by atoms with van der Waals surface area (Å²) in [4.78, 5) is 0. The van der Waals surface area contributed by atoms with Gasteiger partial charge in [0.15, 0.2) is 0 Å². The Morgan fingerprint density at radius 1 is 1.18 bits per heavy atom. The fraction of sp³-hybridized carbons (Fsp3) is 0.600. The second-order valence-corrected chi connectivity index (χ2v) is 4.84. The molecule has 0 spiro atoms. The SMILES string of the molecule is CCCCC(CCC)Nc1ccc(N)c(C)c1. The first-order valence-electron chi connectivity index (χ1n) is 6.80. The Balaban J connectivity index is 2.61. The molecule has 3 N–H and O–H groups in total. The number of nitrogen functional groups attached to an aromatic ring is 1. The van der Waals surface area contributed by atoms with Gasteiger partial charge >= 0.3 is 0 Å². The van der Waals surface area contributed by atoms with Crippen LogP contribution in [0.1, 0.15) is 51.5 Å². The third-order valence-corrected chi connectivity index (χ3v) is 3.18. The molecule has 1 rings (SSSR count). The summed E-state index contributed by atoms with van der Waals surface area (Å²) in [5, 5.41) is 3.63. The average Bonchev–Trinajstić information content (AvgIpc) is 2.31. The summed E-state index contributed by atoms with van der Waals surface area (Å²) in [6.45, 7) is 6.55. The fourth-order valence-electron chi connectivity index (χ4n) is 2.09. The Morgan fingerprint density at radius 3 is 2.53 bits per heavy atom. The molecule has 0 fully saturated rings. The van der Waals surface area contributed by atoms with E-state index < -0.39 is 0 Å². The number of aryl methyl sites for hydroxylation is 1. The van der Waals surface area contributed by atoms with Crippen molar-refractivity contribution in [3.63, 3.8) is 0 Å². The third kappa shape index (κ3) is 4.68. The second kappa shape index (κ2) is 7.21. The van der Waals surface area contributed by atoms with Gasteiger partial charge in [0.2, 0.25) is 0 Å². The summed E-state index contributed by atoms with van der Waals surface area (Å²) in [6.07, 6.45) is 6.29. The first-order chi connectivity index (χ1) is 8.17.